The van der Waals surface area contributed by atoms with E-state index in [-0.39, 0.29) is 6.07 Å². The van der Waals surface area contributed by atoms with E-state index in [0.717, 1.165) is 11.3 Å². The summed E-state index contributed by atoms with van der Waals surface area (Å²) in [5.41, 5.74) is 2.39. The van der Waals surface area contributed by atoms with E-state index in [9.17, 15) is 0 Å². The van der Waals surface area contributed by atoms with E-state index in [2.05, 4.69) is 13.0 Å². The number of hydrogen-bond acceptors (Lipinski definition) is 1. The standard InChI is InChI=1S/C9H11ClO/c1-7-4-3-5-9(8(7)2)11-6-10/h3-5H,6H2,1-2H3. The second-order valence-electron chi connectivity index (χ2n) is 2.45. The van der Waals surface area contributed by atoms with E-state index in [1.165, 1.54) is 5.56 Å². The predicted octanol–water partition coefficient (Wildman–Crippen LogP) is 2.88. The topological polar surface area (TPSA) is 9.23 Å². The highest BCUT2D eigenvalue weighted by Crippen LogP contribution is 2.20. The van der Waals surface area contributed by atoms with Crippen LogP contribution in [0, 0.1) is 13.8 Å². The number of rotatable bonds is 2. The normalized spacial score (nSPS) is 9.73. The molecule has 0 aliphatic carbocycles. The van der Waals surface area contributed by atoms with Crippen LogP contribution in [0.1, 0.15) is 11.1 Å². The number of halogens is 1. The summed E-state index contributed by atoms with van der Waals surface area (Å²) in [7, 11) is 0. The highest BCUT2D eigenvalue weighted by atomic mass is 35.5. The Morgan fingerprint density at radius 2 is 2.09 bits per heavy atom. The molecule has 0 radical (unpaired) electrons. The van der Waals surface area contributed by atoms with Crippen molar-refractivity contribution >= 4 is 11.6 Å². The second-order valence-corrected chi connectivity index (χ2v) is 2.67. The van der Waals surface area contributed by atoms with E-state index < -0.39 is 0 Å². The minimum Gasteiger partial charge on any atom is -0.478 e. The zero-order chi connectivity index (χ0) is 8.27. The van der Waals surface area contributed by atoms with Gasteiger partial charge in [-0.3, -0.25) is 0 Å². The predicted molar refractivity (Wildman–Crippen MR) is 47.3 cm³/mol. The zero-order valence-corrected chi connectivity index (χ0v) is 7.48. The largest absolute Gasteiger partial charge is 0.478 e. The van der Waals surface area contributed by atoms with Crippen molar-refractivity contribution in [3.8, 4) is 5.75 Å². The molecule has 0 fully saturated rings. The van der Waals surface area contributed by atoms with Gasteiger partial charge < -0.3 is 4.74 Å². The maximum absolute atomic E-state index is 5.44. The fourth-order valence-corrected chi connectivity index (χ4v) is 1.06. The summed E-state index contributed by atoms with van der Waals surface area (Å²) in [6, 6.07) is 6.15. The van der Waals surface area contributed by atoms with E-state index in [1.54, 1.807) is 0 Å². The Balaban J connectivity index is 2.96. The van der Waals surface area contributed by atoms with Crippen LogP contribution in [0.5, 0.6) is 5.75 Å². The van der Waals surface area contributed by atoms with Crippen molar-refractivity contribution < 1.29 is 4.74 Å². The van der Waals surface area contributed by atoms with Crippen molar-refractivity contribution in [2.75, 3.05) is 6.07 Å². The lowest BCUT2D eigenvalue weighted by Crippen LogP contribution is -1.92. The Bertz CT molecular complexity index is 245. The van der Waals surface area contributed by atoms with Gasteiger partial charge in [0.05, 0.1) is 0 Å². The van der Waals surface area contributed by atoms with Gasteiger partial charge in [0.25, 0.3) is 0 Å². The highest BCUT2D eigenvalue weighted by Gasteiger charge is 1.99. The fraction of sp³-hybridized carbons (Fsp3) is 0.333. The Morgan fingerprint density at radius 3 is 2.73 bits per heavy atom. The van der Waals surface area contributed by atoms with E-state index in [4.69, 9.17) is 16.3 Å². The Morgan fingerprint density at radius 1 is 1.36 bits per heavy atom. The summed E-state index contributed by atoms with van der Waals surface area (Å²) in [5, 5.41) is 0. The lowest BCUT2D eigenvalue weighted by Gasteiger charge is -2.07. The quantitative estimate of drug-likeness (QED) is 0.621. The third-order valence-corrected chi connectivity index (χ3v) is 1.87. The zero-order valence-electron chi connectivity index (χ0n) is 6.73. The summed E-state index contributed by atoms with van der Waals surface area (Å²) in [4.78, 5) is 0. The Labute approximate surface area is 71.9 Å². The molecule has 0 heterocycles. The first-order chi connectivity index (χ1) is 5.25. The van der Waals surface area contributed by atoms with Gasteiger partial charge in [-0.2, -0.15) is 0 Å². The third kappa shape index (κ3) is 1.87. The molecule has 0 unspecified atom stereocenters. The van der Waals surface area contributed by atoms with Crippen LogP contribution < -0.4 is 4.74 Å². The van der Waals surface area contributed by atoms with Crippen molar-refractivity contribution in [1.82, 2.24) is 0 Å². The van der Waals surface area contributed by atoms with Crippen molar-refractivity contribution in [2.45, 2.75) is 13.8 Å². The van der Waals surface area contributed by atoms with Crippen LogP contribution in [0.3, 0.4) is 0 Å². The summed E-state index contributed by atoms with van der Waals surface area (Å²) in [6.07, 6.45) is 0. The maximum Gasteiger partial charge on any atom is 0.162 e. The molecule has 11 heavy (non-hydrogen) atoms. The van der Waals surface area contributed by atoms with Gasteiger partial charge in [0.1, 0.15) is 5.75 Å². The maximum atomic E-state index is 5.44. The minimum atomic E-state index is 0.213. The molecule has 0 aliphatic rings. The lowest BCUT2D eigenvalue weighted by molar-refractivity contribution is 0.385. The summed E-state index contributed by atoms with van der Waals surface area (Å²) in [6.45, 7) is 4.08. The molecule has 0 bridgehead atoms. The first-order valence-electron chi connectivity index (χ1n) is 3.50. The van der Waals surface area contributed by atoms with Gasteiger partial charge in [-0.15, -0.1) is 0 Å². The van der Waals surface area contributed by atoms with Crippen molar-refractivity contribution in [1.29, 1.82) is 0 Å². The molecule has 1 rings (SSSR count). The molecule has 0 saturated carbocycles. The average Bonchev–Trinajstić information content (AvgIpc) is 1.99. The summed E-state index contributed by atoms with van der Waals surface area (Å²) >= 11 is 5.44. The first-order valence-corrected chi connectivity index (χ1v) is 4.04. The fourth-order valence-electron chi connectivity index (χ4n) is 0.939. The van der Waals surface area contributed by atoms with Crippen LogP contribution in [0.15, 0.2) is 18.2 Å². The minimum absolute atomic E-state index is 0.213. The smallest absolute Gasteiger partial charge is 0.162 e. The molecule has 0 N–H and O–H groups in total. The van der Waals surface area contributed by atoms with Crippen molar-refractivity contribution in [2.24, 2.45) is 0 Å². The number of aryl methyl sites for hydroxylation is 1. The molecule has 1 aromatic rings. The first kappa shape index (κ1) is 8.41. The van der Waals surface area contributed by atoms with Gasteiger partial charge in [-0.25, -0.2) is 0 Å². The van der Waals surface area contributed by atoms with Gasteiger partial charge in [0.15, 0.2) is 6.07 Å². The monoisotopic (exact) mass is 170 g/mol. The Hall–Kier alpha value is -0.690. The van der Waals surface area contributed by atoms with Crippen LogP contribution in [0.4, 0.5) is 0 Å². The molecule has 60 valence electrons. The number of ether oxygens (including phenoxy) is 1. The van der Waals surface area contributed by atoms with Crippen LogP contribution in [0.2, 0.25) is 0 Å². The molecular weight excluding hydrogens is 160 g/mol. The van der Waals surface area contributed by atoms with Gasteiger partial charge in [-0.1, -0.05) is 23.7 Å². The molecule has 1 aromatic carbocycles. The number of benzene rings is 1. The van der Waals surface area contributed by atoms with Crippen LogP contribution in [-0.4, -0.2) is 6.07 Å². The van der Waals surface area contributed by atoms with Crippen molar-refractivity contribution in [3.63, 3.8) is 0 Å². The van der Waals surface area contributed by atoms with Crippen LogP contribution >= 0.6 is 11.6 Å². The molecule has 2 heteroatoms. The van der Waals surface area contributed by atoms with E-state index >= 15 is 0 Å². The molecule has 0 spiro atoms. The van der Waals surface area contributed by atoms with Gasteiger partial charge in [0.2, 0.25) is 0 Å². The van der Waals surface area contributed by atoms with Gasteiger partial charge in [0, 0.05) is 0 Å². The van der Waals surface area contributed by atoms with Gasteiger partial charge in [-0.05, 0) is 31.0 Å². The highest BCUT2D eigenvalue weighted by molar-refractivity contribution is 6.17. The molecule has 0 amide bonds. The average molecular weight is 171 g/mol. The van der Waals surface area contributed by atoms with Crippen LogP contribution in [-0.2, 0) is 0 Å². The summed E-state index contributed by atoms with van der Waals surface area (Å²) in [5.74, 6) is 0.875. The Kier molecular flexibility index (Phi) is 2.77. The van der Waals surface area contributed by atoms with Gasteiger partial charge >= 0.3 is 0 Å². The van der Waals surface area contributed by atoms with Crippen LogP contribution in [0.25, 0.3) is 0 Å². The molecule has 0 atom stereocenters. The van der Waals surface area contributed by atoms with E-state index in [0.29, 0.717) is 0 Å². The van der Waals surface area contributed by atoms with E-state index in [1.807, 2.05) is 19.1 Å². The molecular formula is C9H11ClO. The molecule has 1 nitrogen and oxygen atoms in total. The molecule has 0 saturated heterocycles. The number of alkyl halides is 1. The SMILES string of the molecule is Cc1cccc(OCCl)c1C. The lowest BCUT2D eigenvalue weighted by atomic mass is 10.1. The third-order valence-electron chi connectivity index (χ3n) is 1.76. The summed E-state index contributed by atoms with van der Waals surface area (Å²) < 4.78 is 5.18. The number of hydrogen-bond donors (Lipinski definition) is 0. The second kappa shape index (κ2) is 3.63. The molecule has 0 aliphatic heterocycles. The van der Waals surface area contributed by atoms with Crippen molar-refractivity contribution in [3.05, 3.63) is 29.3 Å². The molecule has 0 aromatic heterocycles.